The van der Waals surface area contributed by atoms with Crippen molar-refractivity contribution in [2.75, 3.05) is 7.11 Å². The molecule has 0 spiro atoms. The molecule has 1 unspecified atom stereocenters. The molecule has 0 bridgehead atoms. The van der Waals surface area contributed by atoms with E-state index in [0.29, 0.717) is 5.56 Å². The van der Waals surface area contributed by atoms with E-state index in [1.807, 2.05) is 0 Å². The van der Waals surface area contributed by atoms with E-state index in [9.17, 15) is 18.4 Å². The molecule has 0 radical (unpaired) electrons. The average molecular weight is 314 g/mol. The number of alkyl halides is 2. The molecular weight excluding hydrogens is 294 g/mol. The SMILES string of the molecule is COC(=O)C(OCc1ccccc1)C(F)(F)C(=O)CC(C)C. The first kappa shape index (κ1) is 18.2. The molecule has 0 aliphatic rings. The normalized spacial score (nSPS) is 13.0. The number of hydrogen-bond donors (Lipinski definition) is 0. The van der Waals surface area contributed by atoms with Gasteiger partial charge in [-0.15, -0.1) is 0 Å². The van der Waals surface area contributed by atoms with Crippen molar-refractivity contribution in [2.45, 2.75) is 38.9 Å². The maximum absolute atomic E-state index is 14.2. The van der Waals surface area contributed by atoms with Gasteiger partial charge in [0.1, 0.15) is 0 Å². The molecule has 0 fully saturated rings. The fourth-order valence-electron chi connectivity index (χ4n) is 1.83. The Morgan fingerprint density at radius 2 is 1.77 bits per heavy atom. The van der Waals surface area contributed by atoms with E-state index in [2.05, 4.69) is 4.74 Å². The van der Waals surface area contributed by atoms with Gasteiger partial charge in [-0.3, -0.25) is 4.79 Å². The lowest BCUT2D eigenvalue weighted by Crippen LogP contribution is -2.48. The summed E-state index contributed by atoms with van der Waals surface area (Å²) in [6.07, 6.45) is -2.58. The van der Waals surface area contributed by atoms with Gasteiger partial charge in [0, 0.05) is 6.42 Å². The molecule has 1 aromatic rings. The highest BCUT2D eigenvalue weighted by Gasteiger charge is 2.52. The number of carbonyl (C=O) groups excluding carboxylic acids is 2. The van der Waals surface area contributed by atoms with Crippen molar-refractivity contribution in [1.82, 2.24) is 0 Å². The third-order valence-electron chi connectivity index (χ3n) is 2.97. The Bertz CT molecular complexity index is 500. The third-order valence-corrected chi connectivity index (χ3v) is 2.97. The molecule has 0 aliphatic heterocycles. The maximum atomic E-state index is 14.2. The third kappa shape index (κ3) is 4.87. The topological polar surface area (TPSA) is 52.6 Å². The standard InChI is InChI=1S/C16H20F2O4/c1-11(2)9-13(19)16(17,18)14(15(20)21-3)22-10-12-7-5-4-6-8-12/h4-8,11,14H,9-10H2,1-3H3. The predicted molar refractivity (Wildman–Crippen MR) is 76.4 cm³/mol. The van der Waals surface area contributed by atoms with Gasteiger partial charge in [-0.2, -0.15) is 8.78 Å². The number of carbonyl (C=O) groups is 2. The summed E-state index contributed by atoms with van der Waals surface area (Å²) in [5.74, 6) is -6.76. The molecule has 0 N–H and O–H groups in total. The molecule has 0 amide bonds. The summed E-state index contributed by atoms with van der Waals surface area (Å²) in [5.41, 5.74) is 0.614. The zero-order valence-electron chi connectivity index (χ0n) is 12.8. The minimum absolute atomic E-state index is 0.217. The molecule has 0 saturated heterocycles. The molecule has 22 heavy (non-hydrogen) atoms. The zero-order valence-corrected chi connectivity index (χ0v) is 12.8. The van der Waals surface area contributed by atoms with Gasteiger partial charge in [0.2, 0.25) is 11.9 Å². The number of ketones is 1. The van der Waals surface area contributed by atoms with Gasteiger partial charge in [-0.25, -0.2) is 4.79 Å². The Labute approximate surface area is 128 Å². The van der Waals surface area contributed by atoms with Crippen LogP contribution in [-0.4, -0.2) is 30.9 Å². The number of hydrogen-bond acceptors (Lipinski definition) is 4. The second-order valence-corrected chi connectivity index (χ2v) is 5.34. The Kier molecular flexibility index (Phi) is 6.61. The van der Waals surface area contributed by atoms with Crippen LogP contribution in [0.25, 0.3) is 0 Å². The highest BCUT2D eigenvalue weighted by molar-refractivity contribution is 5.92. The first-order chi connectivity index (χ1) is 10.3. The van der Waals surface area contributed by atoms with Crippen LogP contribution in [0.2, 0.25) is 0 Å². The van der Waals surface area contributed by atoms with Crippen LogP contribution >= 0.6 is 0 Å². The molecule has 1 rings (SSSR count). The average Bonchev–Trinajstić information content (AvgIpc) is 2.47. The second-order valence-electron chi connectivity index (χ2n) is 5.34. The highest BCUT2D eigenvalue weighted by atomic mass is 19.3. The Balaban J connectivity index is 2.87. The Hall–Kier alpha value is -1.82. The smallest absolute Gasteiger partial charge is 0.341 e. The van der Waals surface area contributed by atoms with Crippen LogP contribution < -0.4 is 0 Å². The van der Waals surface area contributed by atoms with Gasteiger partial charge in [0.25, 0.3) is 0 Å². The van der Waals surface area contributed by atoms with Crippen LogP contribution in [0, 0.1) is 5.92 Å². The Morgan fingerprint density at radius 3 is 2.27 bits per heavy atom. The number of rotatable bonds is 8. The van der Waals surface area contributed by atoms with Gasteiger partial charge in [0.05, 0.1) is 13.7 Å². The maximum Gasteiger partial charge on any atom is 0.341 e. The summed E-state index contributed by atoms with van der Waals surface area (Å²) >= 11 is 0. The lowest BCUT2D eigenvalue weighted by molar-refractivity contribution is -0.191. The van der Waals surface area contributed by atoms with Crippen molar-refractivity contribution in [3.8, 4) is 0 Å². The van der Waals surface area contributed by atoms with E-state index in [4.69, 9.17) is 4.74 Å². The summed E-state index contributed by atoms with van der Waals surface area (Å²) in [4.78, 5) is 23.3. The van der Waals surface area contributed by atoms with E-state index in [-0.39, 0.29) is 18.9 Å². The fourth-order valence-corrected chi connectivity index (χ4v) is 1.83. The van der Waals surface area contributed by atoms with E-state index in [1.165, 1.54) is 0 Å². The molecular formula is C16H20F2O4. The van der Waals surface area contributed by atoms with E-state index in [1.54, 1.807) is 44.2 Å². The van der Waals surface area contributed by atoms with Gasteiger partial charge in [-0.05, 0) is 11.5 Å². The van der Waals surface area contributed by atoms with Crippen LogP contribution in [0.5, 0.6) is 0 Å². The fraction of sp³-hybridized carbons (Fsp3) is 0.500. The first-order valence-electron chi connectivity index (χ1n) is 6.93. The largest absolute Gasteiger partial charge is 0.467 e. The van der Waals surface area contributed by atoms with Crippen molar-refractivity contribution in [3.05, 3.63) is 35.9 Å². The number of benzene rings is 1. The van der Waals surface area contributed by atoms with Crippen molar-refractivity contribution in [3.63, 3.8) is 0 Å². The minimum Gasteiger partial charge on any atom is -0.467 e. The summed E-state index contributed by atoms with van der Waals surface area (Å²) in [6, 6.07) is 8.54. The van der Waals surface area contributed by atoms with Crippen LogP contribution in [-0.2, 0) is 25.7 Å². The minimum atomic E-state index is -3.92. The van der Waals surface area contributed by atoms with Gasteiger partial charge >= 0.3 is 11.9 Å². The van der Waals surface area contributed by atoms with Gasteiger partial charge in [-0.1, -0.05) is 44.2 Å². The molecule has 6 heteroatoms. The van der Waals surface area contributed by atoms with Gasteiger partial charge < -0.3 is 9.47 Å². The van der Waals surface area contributed by atoms with E-state index in [0.717, 1.165) is 7.11 Å². The summed E-state index contributed by atoms with van der Waals surface area (Å²) in [5, 5.41) is 0. The van der Waals surface area contributed by atoms with Gasteiger partial charge in [0.15, 0.2) is 0 Å². The number of Topliss-reactive ketones (excluding diaryl/α,β-unsaturated/α-hetero) is 1. The van der Waals surface area contributed by atoms with E-state index < -0.39 is 23.8 Å². The van der Waals surface area contributed by atoms with E-state index >= 15 is 0 Å². The summed E-state index contributed by atoms with van der Waals surface area (Å²) in [7, 11) is 0.976. The zero-order chi connectivity index (χ0) is 16.8. The number of ether oxygens (including phenoxy) is 2. The lowest BCUT2D eigenvalue weighted by Gasteiger charge is -2.24. The summed E-state index contributed by atoms with van der Waals surface area (Å²) in [6.45, 7) is 3.07. The second kappa shape index (κ2) is 7.98. The molecule has 0 heterocycles. The summed E-state index contributed by atoms with van der Waals surface area (Å²) < 4.78 is 37.8. The predicted octanol–water partition coefficient (Wildman–Crippen LogP) is 3.00. The van der Waals surface area contributed by atoms with Crippen molar-refractivity contribution < 1.29 is 27.8 Å². The molecule has 0 aromatic heterocycles. The molecule has 122 valence electrons. The Morgan fingerprint density at radius 1 is 1.18 bits per heavy atom. The number of halogens is 2. The molecule has 1 atom stereocenters. The monoisotopic (exact) mass is 314 g/mol. The first-order valence-corrected chi connectivity index (χ1v) is 6.93. The van der Waals surface area contributed by atoms with Crippen LogP contribution in [0.4, 0.5) is 8.78 Å². The quantitative estimate of drug-likeness (QED) is 0.692. The van der Waals surface area contributed by atoms with Crippen molar-refractivity contribution in [2.24, 2.45) is 5.92 Å². The lowest BCUT2D eigenvalue weighted by atomic mass is 9.99. The molecule has 4 nitrogen and oxygen atoms in total. The molecule has 0 saturated carbocycles. The van der Waals surface area contributed by atoms with Crippen molar-refractivity contribution >= 4 is 11.8 Å². The van der Waals surface area contributed by atoms with Crippen LogP contribution in [0.1, 0.15) is 25.8 Å². The van der Waals surface area contributed by atoms with Crippen LogP contribution in [0.15, 0.2) is 30.3 Å². The van der Waals surface area contributed by atoms with Crippen LogP contribution in [0.3, 0.4) is 0 Å². The molecule has 0 aliphatic carbocycles. The van der Waals surface area contributed by atoms with Crippen molar-refractivity contribution in [1.29, 1.82) is 0 Å². The number of methoxy groups -OCH3 is 1. The highest BCUT2D eigenvalue weighted by Crippen LogP contribution is 2.27. The molecule has 1 aromatic carbocycles. The number of esters is 1.